The lowest BCUT2D eigenvalue weighted by Gasteiger charge is -2.31. The number of alkyl halides is 1. The van der Waals surface area contributed by atoms with Gasteiger partial charge in [-0.15, -0.1) is 16.7 Å². The lowest BCUT2D eigenvalue weighted by Crippen LogP contribution is -2.43. The Morgan fingerprint density at radius 2 is 2.00 bits per heavy atom. The maximum absolute atomic E-state index is 5.62. The highest BCUT2D eigenvalue weighted by Gasteiger charge is 2.21. The van der Waals surface area contributed by atoms with Crippen LogP contribution in [0.4, 0.5) is 0 Å². The maximum atomic E-state index is 5.62. The molecule has 16 heavy (non-hydrogen) atoms. The van der Waals surface area contributed by atoms with Crippen LogP contribution in [0.3, 0.4) is 0 Å². The van der Waals surface area contributed by atoms with Gasteiger partial charge in [0, 0.05) is 11.6 Å². The summed E-state index contributed by atoms with van der Waals surface area (Å²) < 4.78 is 5.57. The molecule has 0 atom stereocenters. The van der Waals surface area contributed by atoms with Gasteiger partial charge in [0.2, 0.25) is 5.88 Å². The molecule has 0 unspecified atom stereocenters. The minimum absolute atomic E-state index is 0.0349. The van der Waals surface area contributed by atoms with Gasteiger partial charge in [0.1, 0.15) is 6.61 Å². The number of likely N-dealkylation sites (N-methyl/N-ethyl adjacent to an activating group) is 1. The van der Waals surface area contributed by atoms with Crippen LogP contribution in [-0.4, -0.2) is 41.3 Å². The lowest BCUT2D eigenvalue weighted by molar-refractivity contribution is 0.110. The minimum Gasteiger partial charge on any atom is -0.475 e. The fourth-order valence-electron chi connectivity index (χ4n) is 0.876. The largest absolute Gasteiger partial charge is 0.475 e. The van der Waals surface area contributed by atoms with E-state index in [1.807, 2.05) is 20.2 Å². The van der Waals surface area contributed by atoms with Crippen LogP contribution < -0.4 is 4.74 Å². The Balaban J connectivity index is 2.54. The van der Waals surface area contributed by atoms with Crippen molar-refractivity contribution in [1.82, 2.24) is 15.1 Å². The molecule has 5 heteroatoms. The Bertz CT molecular complexity index is 325. The second kappa shape index (κ2) is 5.46. The van der Waals surface area contributed by atoms with Crippen molar-refractivity contribution in [2.45, 2.75) is 25.3 Å². The number of ether oxygens (including phenoxy) is 1. The zero-order chi connectivity index (χ0) is 12.2. The third kappa shape index (κ3) is 3.61. The molecule has 0 radical (unpaired) electrons. The molecule has 90 valence electrons. The standard InChI is InChI=1S/C11H18ClN3O/c1-11(2,15(3)4)8-16-10-6-5-9(7-12)13-14-10/h5-6H,7-8H2,1-4H3. The Morgan fingerprint density at radius 3 is 2.44 bits per heavy atom. The van der Waals surface area contributed by atoms with Gasteiger partial charge in [0.15, 0.2) is 0 Å². The predicted molar refractivity (Wildman–Crippen MR) is 64.9 cm³/mol. The average molecular weight is 244 g/mol. The highest BCUT2D eigenvalue weighted by molar-refractivity contribution is 6.16. The molecule has 0 saturated carbocycles. The summed E-state index contributed by atoms with van der Waals surface area (Å²) in [5.41, 5.74) is 0.716. The van der Waals surface area contributed by atoms with Crippen LogP contribution >= 0.6 is 11.6 Å². The fraction of sp³-hybridized carbons (Fsp3) is 0.636. The van der Waals surface area contributed by atoms with Crippen molar-refractivity contribution in [3.8, 4) is 5.88 Å². The molecule has 1 rings (SSSR count). The average Bonchev–Trinajstić information content (AvgIpc) is 2.27. The second-order valence-corrected chi connectivity index (χ2v) is 4.76. The number of hydrogen-bond acceptors (Lipinski definition) is 4. The molecular weight excluding hydrogens is 226 g/mol. The van der Waals surface area contributed by atoms with Crippen LogP contribution in [0.5, 0.6) is 5.88 Å². The highest BCUT2D eigenvalue weighted by atomic mass is 35.5. The van der Waals surface area contributed by atoms with Crippen LogP contribution in [0.2, 0.25) is 0 Å². The van der Waals surface area contributed by atoms with Gasteiger partial charge in [-0.05, 0) is 34.0 Å². The Labute approximate surface area is 102 Å². The van der Waals surface area contributed by atoms with E-state index < -0.39 is 0 Å². The molecule has 0 amide bonds. The zero-order valence-corrected chi connectivity index (χ0v) is 11.0. The van der Waals surface area contributed by atoms with E-state index in [2.05, 4.69) is 28.9 Å². The summed E-state index contributed by atoms with van der Waals surface area (Å²) in [5.74, 6) is 0.903. The molecule has 0 N–H and O–H groups in total. The highest BCUT2D eigenvalue weighted by Crippen LogP contribution is 2.13. The summed E-state index contributed by atoms with van der Waals surface area (Å²) in [6, 6.07) is 3.61. The van der Waals surface area contributed by atoms with Crippen LogP contribution in [-0.2, 0) is 5.88 Å². The van der Waals surface area contributed by atoms with Gasteiger partial charge in [-0.1, -0.05) is 0 Å². The Kier molecular flexibility index (Phi) is 4.50. The number of hydrogen-bond donors (Lipinski definition) is 0. The van der Waals surface area contributed by atoms with Gasteiger partial charge in [-0.2, -0.15) is 5.10 Å². The first-order valence-electron chi connectivity index (χ1n) is 5.14. The summed E-state index contributed by atoms with van der Waals surface area (Å²) in [4.78, 5) is 2.10. The lowest BCUT2D eigenvalue weighted by atomic mass is 10.1. The van der Waals surface area contributed by atoms with Gasteiger partial charge in [-0.3, -0.25) is 0 Å². The first kappa shape index (κ1) is 13.2. The second-order valence-electron chi connectivity index (χ2n) is 4.49. The van der Waals surface area contributed by atoms with E-state index in [0.717, 1.165) is 5.69 Å². The van der Waals surface area contributed by atoms with E-state index in [9.17, 15) is 0 Å². The number of rotatable bonds is 5. The molecule has 0 aromatic carbocycles. The molecule has 0 aliphatic carbocycles. The predicted octanol–water partition coefficient (Wildman–Crippen LogP) is 1.93. The zero-order valence-electron chi connectivity index (χ0n) is 10.2. The van der Waals surface area contributed by atoms with Crippen LogP contribution in [0.25, 0.3) is 0 Å². The van der Waals surface area contributed by atoms with Gasteiger partial charge in [-0.25, -0.2) is 0 Å². The van der Waals surface area contributed by atoms with Crippen LogP contribution in [0, 0.1) is 0 Å². The van der Waals surface area contributed by atoms with E-state index in [-0.39, 0.29) is 5.54 Å². The molecular formula is C11H18ClN3O. The van der Waals surface area contributed by atoms with Gasteiger partial charge >= 0.3 is 0 Å². The van der Waals surface area contributed by atoms with Crippen molar-refractivity contribution in [3.63, 3.8) is 0 Å². The van der Waals surface area contributed by atoms with E-state index in [1.165, 1.54) is 0 Å². The van der Waals surface area contributed by atoms with Crippen molar-refractivity contribution in [2.24, 2.45) is 0 Å². The third-order valence-corrected chi connectivity index (χ3v) is 2.89. The molecule has 0 aliphatic rings. The first-order chi connectivity index (χ1) is 7.45. The monoisotopic (exact) mass is 243 g/mol. The molecule has 0 bridgehead atoms. The summed E-state index contributed by atoms with van der Waals surface area (Å²) in [7, 11) is 4.04. The summed E-state index contributed by atoms with van der Waals surface area (Å²) in [6.07, 6.45) is 0. The van der Waals surface area contributed by atoms with Crippen molar-refractivity contribution in [2.75, 3.05) is 20.7 Å². The summed E-state index contributed by atoms with van der Waals surface area (Å²) >= 11 is 5.62. The number of halogens is 1. The van der Waals surface area contributed by atoms with E-state index >= 15 is 0 Å². The first-order valence-corrected chi connectivity index (χ1v) is 5.68. The number of aromatic nitrogens is 2. The molecule has 1 aromatic heterocycles. The van der Waals surface area contributed by atoms with Crippen molar-refractivity contribution < 1.29 is 4.74 Å². The Morgan fingerprint density at radius 1 is 1.31 bits per heavy atom. The molecule has 1 heterocycles. The van der Waals surface area contributed by atoms with Crippen LogP contribution in [0.15, 0.2) is 12.1 Å². The topological polar surface area (TPSA) is 38.2 Å². The van der Waals surface area contributed by atoms with Crippen molar-refractivity contribution in [1.29, 1.82) is 0 Å². The number of nitrogens with zero attached hydrogens (tertiary/aromatic N) is 3. The van der Waals surface area contributed by atoms with Gasteiger partial charge < -0.3 is 9.64 Å². The van der Waals surface area contributed by atoms with E-state index in [0.29, 0.717) is 18.4 Å². The normalized spacial score (nSPS) is 11.9. The van der Waals surface area contributed by atoms with E-state index in [1.54, 1.807) is 6.07 Å². The van der Waals surface area contributed by atoms with Crippen molar-refractivity contribution in [3.05, 3.63) is 17.8 Å². The SMILES string of the molecule is CN(C)C(C)(C)COc1ccc(CCl)nn1. The molecule has 1 aromatic rings. The Hall–Kier alpha value is -0.870. The smallest absolute Gasteiger partial charge is 0.233 e. The maximum Gasteiger partial charge on any atom is 0.233 e. The minimum atomic E-state index is -0.0349. The molecule has 0 saturated heterocycles. The molecule has 0 spiro atoms. The fourth-order valence-corrected chi connectivity index (χ4v) is 1.02. The van der Waals surface area contributed by atoms with Gasteiger partial charge in [0.25, 0.3) is 0 Å². The third-order valence-electron chi connectivity index (χ3n) is 2.62. The van der Waals surface area contributed by atoms with Gasteiger partial charge in [0.05, 0.1) is 11.6 Å². The molecule has 4 nitrogen and oxygen atoms in total. The van der Waals surface area contributed by atoms with Crippen LogP contribution in [0.1, 0.15) is 19.5 Å². The quantitative estimate of drug-likeness (QED) is 0.741. The molecule has 0 aliphatic heterocycles. The van der Waals surface area contributed by atoms with E-state index in [4.69, 9.17) is 16.3 Å². The summed E-state index contributed by atoms with van der Waals surface area (Å²) in [6.45, 7) is 4.77. The summed E-state index contributed by atoms with van der Waals surface area (Å²) in [5, 5.41) is 7.86. The van der Waals surface area contributed by atoms with Crippen molar-refractivity contribution >= 4 is 11.6 Å². The molecule has 0 fully saturated rings.